The SMILES string of the molecule is N#C/C(=N\Nc1c(I)cc(C(=O)O)cc1I)C(=N)N. The van der Waals surface area contributed by atoms with Gasteiger partial charge in [-0.15, -0.1) is 0 Å². The Kier molecular flexibility index (Phi) is 5.48. The minimum absolute atomic E-state index is 0.162. The van der Waals surface area contributed by atoms with Gasteiger partial charge < -0.3 is 10.8 Å². The predicted molar refractivity (Wildman–Crippen MR) is 87.4 cm³/mol. The second-order valence-electron chi connectivity index (χ2n) is 3.22. The van der Waals surface area contributed by atoms with Crippen LogP contribution in [0.25, 0.3) is 0 Å². The van der Waals surface area contributed by atoms with Crippen molar-refractivity contribution in [3.05, 3.63) is 24.8 Å². The van der Waals surface area contributed by atoms with Crippen LogP contribution in [0.4, 0.5) is 5.69 Å². The average molecular weight is 483 g/mol. The normalized spacial score (nSPS) is 10.7. The van der Waals surface area contributed by atoms with Crippen molar-refractivity contribution in [1.82, 2.24) is 0 Å². The highest BCUT2D eigenvalue weighted by Gasteiger charge is 2.11. The Morgan fingerprint density at radius 2 is 2.00 bits per heavy atom. The third-order valence-corrected chi connectivity index (χ3v) is 3.63. The van der Waals surface area contributed by atoms with Crippen molar-refractivity contribution >= 4 is 68.4 Å². The Hall–Kier alpha value is -1.42. The van der Waals surface area contributed by atoms with Crippen molar-refractivity contribution in [3.63, 3.8) is 0 Å². The van der Waals surface area contributed by atoms with Crippen LogP contribution in [0, 0.1) is 23.9 Å². The molecule has 1 aromatic carbocycles. The molecule has 0 aliphatic heterocycles. The molecule has 1 rings (SSSR count). The van der Waals surface area contributed by atoms with E-state index in [1.807, 2.05) is 45.2 Å². The summed E-state index contributed by atoms with van der Waals surface area (Å²) in [5.41, 5.74) is 8.25. The van der Waals surface area contributed by atoms with Gasteiger partial charge >= 0.3 is 5.97 Å². The highest BCUT2D eigenvalue weighted by Crippen LogP contribution is 2.26. The van der Waals surface area contributed by atoms with Gasteiger partial charge in [0.25, 0.3) is 0 Å². The van der Waals surface area contributed by atoms with E-state index in [0.29, 0.717) is 12.8 Å². The van der Waals surface area contributed by atoms with Gasteiger partial charge in [0.05, 0.1) is 11.3 Å². The Labute approximate surface area is 135 Å². The molecule has 0 atom stereocenters. The summed E-state index contributed by atoms with van der Waals surface area (Å²) in [6, 6.07) is 4.63. The predicted octanol–water partition coefficient (Wildman–Crippen LogP) is 1.82. The van der Waals surface area contributed by atoms with Crippen LogP contribution in [0.5, 0.6) is 0 Å². The number of carboxylic acids is 1. The van der Waals surface area contributed by atoms with Gasteiger partial charge in [0.15, 0.2) is 5.84 Å². The molecule has 1 aromatic rings. The average Bonchev–Trinajstić information content (AvgIpc) is 2.31. The van der Waals surface area contributed by atoms with Crippen LogP contribution in [0.2, 0.25) is 0 Å². The lowest BCUT2D eigenvalue weighted by atomic mass is 10.2. The number of benzene rings is 1. The largest absolute Gasteiger partial charge is 0.478 e. The molecule has 0 aromatic heterocycles. The maximum absolute atomic E-state index is 10.9. The second kappa shape index (κ2) is 6.66. The first kappa shape index (κ1) is 15.6. The van der Waals surface area contributed by atoms with E-state index in [1.54, 1.807) is 6.07 Å². The minimum atomic E-state index is -1.02. The molecule has 9 heteroatoms. The van der Waals surface area contributed by atoms with Crippen LogP contribution in [0.1, 0.15) is 10.4 Å². The zero-order valence-corrected chi connectivity index (χ0v) is 13.6. The molecule has 0 saturated heterocycles. The number of amidine groups is 1. The highest BCUT2D eigenvalue weighted by molar-refractivity contribution is 14.1. The lowest BCUT2D eigenvalue weighted by molar-refractivity contribution is 0.0696. The fraction of sp³-hybridized carbons (Fsp3) is 0. The summed E-state index contributed by atoms with van der Waals surface area (Å²) in [6.45, 7) is 0. The lowest BCUT2D eigenvalue weighted by Gasteiger charge is -2.08. The summed E-state index contributed by atoms with van der Waals surface area (Å²) in [6.07, 6.45) is 0. The molecule has 0 aliphatic rings. The number of anilines is 1. The number of carbonyl (C=O) groups is 1. The zero-order chi connectivity index (χ0) is 14.6. The van der Waals surface area contributed by atoms with Gasteiger partial charge in [-0.05, 0) is 57.3 Å². The molecule has 5 N–H and O–H groups in total. The standard InChI is InChI=1S/C10H7I2N5O2/c11-5-1-4(10(18)19)2-6(12)8(5)17-16-7(3-13)9(14)15/h1-2,17H,(H3,14,15)(H,18,19)/b16-7+. The first-order valence-electron chi connectivity index (χ1n) is 4.67. The quantitative estimate of drug-likeness (QED) is 0.225. The number of nitrogens with zero attached hydrogens (tertiary/aromatic N) is 2. The molecule has 0 unspecified atom stereocenters. The highest BCUT2D eigenvalue weighted by atomic mass is 127. The Morgan fingerprint density at radius 3 is 2.37 bits per heavy atom. The van der Waals surface area contributed by atoms with E-state index in [0.717, 1.165) is 0 Å². The maximum Gasteiger partial charge on any atom is 0.335 e. The molecular formula is C10H7I2N5O2. The molecule has 0 aliphatic carbocycles. The molecule has 0 amide bonds. The number of nitriles is 1. The fourth-order valence-electron chi connectivity index (χ4n) is 1.06. The van der Waals surface area contributed by atoms with Crippen molar-refractivity contribution in [2.75, 3.05) is 5.43 Å². The van der Waals surface area contributed by atoms with Crippen molar-refractivity contribution < 1.29 is 9.90 Å². The molecule has 0 radical (unpaired) electrons. The van der Waals surface area contributed by atoms with Crippen molar-refractivity contribution in [2.45, 2.75) is 0 Å². The van der Waals surface area contributed by atoms with Crippen LogP contribution in [-0.2, 0) is 0 Å². The minimum Gasteiger partial charge on any atom is -0.478 e. The van der Waals surface area contributed by atoms with Crippen molar-refractivity contribution in [1.29, 1.82) is 10.7 Å². The van der Waals surface area contributed by atoms with E-state index in [2.05, 4.69) is 10.5 Å². The molecule has 0 heterocycles. The molecule has 7 nitrogen and oxygen atoms in total. The molecule has 0 spiro atoms. The first-order chi connectivity index (χ1) is 8.86. The molecule has 0 fully saturated rings. The fourth-order valence-corrected chi connectivity index (χ4v) is 3.07. The second-order valence-corrected chi connectivity index (χ2v) is 5.54. The molecule has 19 heavy (non-hydrogen) atoms. The first-order valence-corrected chi connectivity index (χ1v) is 6.83. The summed E-state index contributed by atoms with van der Waals surface area (Å²) < 4.78 is 1.26. The number of hydrazone groups is 1. The van der Waals surface area contributed by atoms with Gasteiger partial charge in [0.2, 0.25) is 5.71 Å². The summed E-state index contributed by atoms with van der Waals surface area (Å²) in [5.74, 6) is -1.46. The van der Waals surface area contributed by atoms with Gasteiger partial charge in [-0.2, -0.15) is 10.4 Å². The Balaban J connectivity index is 3.14. The van der Waals surface area contributed by atoms with Crippen LogP contribution in [-0.4, -0.2) is 22.6 Å². The number of carboxylic acid groups (broad SMARTS) is 1. The van der Waals surface area contributed by atoms with Crippen molar-refractivity contribution in [3.8, 4) is 6.07 Å². The lowest BCUT2D eigenvalue weighted by Crippen LogP contribution is -2.22. The van der Waals surface area contributed by atoms with Gasteiger partial charge in [0.1, 0.15) is 6.07 Å². The van der Waals surface area contributed by atoms with Crippen LogP contribution in [0.15, 0.2) is 17.2 Å². The van der Waals surface area contributed by atoms with Gasteiger partial charge in [-0.3, -0.25) is 10.8 Å². The topological polar surface area (TPSA) is 135 Å². The van der Waals surface area contributed by atoms with Crippen molar-refractivity contribution in [2.24, 2.45) is 10.8 Å². The third kappa shape index (κ3) is 4.03. The maximum atomic E-state index is 10.9. The molecule has 0 saturated carbocycles. The van der Waals surface area contributed by atoms with E-state index in [4.69, 9.17) is 21.5 Å². The van der Waals surface area contributed by atoms with E-state index in [-0.39, 0.29) is 11.3 Å². The van der Waals surface area contributed by atoms with E-state index in [1.165, 1.54) is 12.1 Å². The van der Waals surface area contributed by atoms with E-state index < -0.39 is 11.8 Å². The zero-order valence-electron chi connectivity index (χ0n) is 9.24. The number of nitrogens with two attached hydrogens (primary N) is 1. The number of halogens is 2. The summed E-state index contributed by atoms with van der Waals surface area (Å²) >= 11 is 3.91. The Morgan fingerprint density at radius 1 is 1.47 bits per heavy atom. The van der Waals surface area contributed by atoms with E-state index >= 15 is 0 Å². The number of nitrogens with one attached hydrogen (secondary N) is 2. The third-order valence-electron chi connectivity index (χ3n) is 1.93. The number of hydrogen-bond acceptors (Lipinski definition) is 5. The van der Waals surface area contributed by atoms with Crippen LogP contribution >= 0.6 is 45.2 Å². The summed E-state index contributed by atoms with van der Waals surface area (Å²) in [5, 5.41) is 28.4. The van der Waals surface area contributed by atoms with Crippen LogP contribution in [0.3, 0.4) is 0 Å². The Bertz CT molecular complexity index is 598. The van der Waals surface area contributed by atoms with E-state index in [9.17, 15) is 4.79 Å². The van der Waals surface area contributed by atoms with Gasteiger partial charge in [-0.1, -0.05) is 0 Å². The molecular weight excluding hydrogens is 476 g/mol. The summed E-state index contributed by atoms with van der Waals surface area (Å²) in [7, 11) is 0. The number of aromatic carboxylic acids is 1. The summed E-state index contributed by atoms with van der Waals surface area (Å²) in [4.78, 5) is 10.9. The smallest absolute Gasteiger partial charge is 0.335 e. The molecule has 98 valence electrons. The number of rotatable bonds is 4. The van der Waals surface area contributed by atoms with Gasteiger partial charge in [-0.25, -0.2) is 4.79 Å². The van der Waals surface area contributed by atoms with Gasteiger partial charge in [0, 0.05) is 7.14 Å². The monoisotopic (exact) mass is 483 g/mol. The molecule has 0 bridgehead atoms. The number of hydrogen-bond donors (Lipinski definition) is 4. The van der Waals surface area contributed by atoms with Crippen LogP contribution < -0.4 is 11.2 Å².